The number of carbonyl (C=O) groups excluding carboxylic acids is 4. The Bertz CT molecular complexity index is 701. The Hall–Kier alpha value is -2.97. The molecule has 29 heavy (non-hydrogen) atoms. The minimum atomic E-state index is -1.00. The zero-order chi connectivity index (χ0) is 21.9. The smallest absolute Gasteiger partial charge is 0.407 e. The molecule has 0 heterocycles. The first-order valence-corrected chi connectivity index (χ1v) is 9.32. The first-order valence-electron chi connectivity index (χ1n) is 9.32. The van der Waals surface area contributed by atoms with E-state index in [-0.39, 0.29) is 31.7 Å². The number of alkyl carbamates (subject to hydrolysis) is 1. The van der Waals surface area contributed by atoms with E-state index in [1.165, 1.54) is 12.1 Å². The van der Waals surface area contributed by atoms with Gasteiger partial charge < -0.3 is 25.5 Å². The van der Waals surface area contributed by atoms with Crippen LogP contribution in [-0.2, 0) is 25.5 Å². The van der Waals surface area contributed by atoms with Crippen molar-refractivity contribution in [3.05, 3.63) is 35.6 Å². The molecule has 0 unspecified atom stereocenters. The lowest BCUT2D eigenvalue weighted by molar-refractivity contribution is -0.129. The second-order valence-corrected chi connectivity index (χ2v) is 7.37. The lowest BCUT2D eigenvalue weighted by Crippen LogP contribution is -2.48. The van der Waals surface area contributed by atoms with Crippen LogP contribution in [-0.4, -0.2) is 48.9 Å². The average Bonchev–Trinajstić information content (AvgIpc) is 2.63. The summed E-state index contributed by atoms with van der Waals surface area (Å²) in [6, 6.07) is 4.77. The maximum absolute atomic E-state index is 12.9. The zero-order valence-electron chi connectivity index (χ0n) is 16.9. The minimum Gasteiger partial charge on any atom is -0.444 e. The number of rotatable bonds is 10. The highest BCUT2D eigenvalue weighted by Crippen LogP contribution is 2.06. The van der Waals surface area contributed by atoms with E-state index in [0.717, 1.165) is 5.56 Å². The fourth-order valence-corrected chi connectivity index (χ4v) is 2.29. The molecule has 0 aromatic heterocycles. The van der Waals surface area contributed by atoms with Crippen LogP contribution in [0.2, 0.25) is 0 Å². The van der Waals surface area contributed by atoms with Crippen LogP contribution in [0.4, 0.5) is 9.18 Å². The van der Waals surface area contributed by atoms with E-state index in [1.54, 1.807) is 32.9 Å². The summed E-state index contributed by atoms with van der Waals surface area (Å²) in [5.41, 5.74) is 0.159. The van der Waals surface area contributed by atoms with Crippen molar-refractivity contribution in [2.75, 3.05) is 13.1 Å². The lowest BCUT2D eigenvalue weighted by atomic mass is 10.1. The predicted octanol–water partition coefficient (Wildman–Crippen LogP) is 1.47. The molecule has 3 amide bonds. The molecule has 0 saturated carbocycles. The molecular formula is C20H28FN3O5. The number of ether oxygens (including phenoxy) is 1. The third-order valence-electron chi connectivity index (χ3n) is 3.63. The van der Waals surface area contributed by atoms with Gasteiger partial charge in [-0.15, -0.1) is 0 Å². The van der Waals surface area contributed by atoms with Gasteiger partial charge in [0.1, 0.15) is 23.7 Å². The molecule has 160 valence electrons. The first-order chi connectivity index (χ1) is 13.6. The highest BCUT2D eigenvalue weighted by atomic mass is 19.1. The molecule has 8 nitrogen and oxygen atoms in total. The van der Waals surface area contributed by atoms with Gasteiger partial charge in [0, 0.05) is 25.9 Å². The van der Waals surface area contributed by atoms with E-state index in [9.17, 15) is 23.6 Å². The fourth-order valence-electron chi connectivity index (χ4n) is 2.29. The van der Waals surface area contributed by atoms with Crippen LogP contribution in [0.5, 0.6) is 0 Å². The second kappa shape index (κ2) is 11.8. The van der Waals surface area contributed by atoms with Crippen molar-refractivity contribution >= 4 is 24.2 Å². The summed E-state index contributed by atoms with van der Waals surface area (Å²) in [7, 11) is 0. The number of hydrogen-bond donors (Lipinski definition) is 3. The van der Waals surface area contributed by atoms with Crippen molar-refractivity contribution in [3.8, 4) is 0 Å². The number of benzene rings is 1. The Morgan fingerprint density at radius 3 is 2.31 bits per heavy atom. The number of halogens is 1. The number of carbonyl (C=O) groups is 4. The van der Waals surface area contributed by atoms with Crippen molar-refractivity contribution in [2.45, 2.75) is 51.7 Å². The molecule has 3 N–H and O–H groups in total. The van der Waals surface area contributed by atoms with E-state index in [0.29, 0.717) is 12.7 Å². The quantitative estimate of drug-likeness (QED) is 0.400. The van der Waals surface area contributed by atoms with Gasteiger partial charge in [-0.2, -0.15) is 0 Å². The second-order valence-electron chi connectivity index (χ2n) is 7.37. The van der Waals surface area contributed by atoms with Crippen LogP contribution in [0.25, 0.3) is 0 Å². The van der Waals surface area contributed by atoms with Gasteiger partial charge >= 0.3 is 6.09 Å². The molecule has 0 bridgehead atoms. The van der Waals surface area contributed by atoms with Gasteiger partial charge in [-0.1, -0.05) is 12.1 Å². The van der Waals surface area contributed by atoms with Crippen LogP contribution < -0.4 is 16.0 Å². The van der Waals surface area contributed by atoms with E-state index >= 15 is 0 Å². The monoisotopic (exact) mass is 409 g/mol. The van der Waals surface area contributed by atoms with Gasteiger partial charge in [0.05, 0.1) is 0 Å². The maximum Gasteiger partial charge on any atom is 0.407 e. The zero-order valence-corrected chi connectivity index (χ0v) is 16.9. The van der Waals surface area contributed by atoms with Crippen LogP contribution in [0.15, 0.2) is 24.3 Å². The summed E-state index contributed by atoms with van der Waals surface area (Å²) in [5, 5.41) is 7.55. The molecule has 0 aliphatic heterocycles. The summed E-state index contributed by atoms with van der Waals surface area (Å²) >= 11 is 0. The van der Waals surface area contributed by atoms with Crippen LogP contribution in [0, 0.1) is 5.82 Å². The molecule has 1 aromatic carbocycles. The van der Waals surface area contributed by atoms with Crippen molar-refractivity contribution < 1.29 is 28.3 Å². The molecule has 0 radical (unpaired) electrons. The summed E-state index contributed by atoms with van der Waals surface area (Å²) in [6.07, 6.45) is 0.234. The summed E-state index contributed by atoms with van der Waals surface area (Å²) in [6.45, 7) is 5.44. The summed E-state index contributed by atoms with van der Waals surface area (Å²) in [4.78, 5) is 46.6. The Morgan fingerprint density at radius 1 is 1.10 bits per heavy atom. The predicted molar refractivity (Wildman–Crippen MR) is 105 cm³/mol. The van der Waals surface area contributed by atoms with Crippen LogP contribution >= 0.6 is 0 Å². The van der Waals surface area contributed by atoms with Gasteiger partial charge in [0.15, 0.2) is 0 Å². The Morgan fingerprint density at radius 2 is 1.72 bits per heavy atom. The third kappa shape index (κ3) is 10.8. The number of aldehydes is 1. The normalized spacial score (nSPS) is 11.9. The molecule has 1 aromatic rings. The first kappa shape index (κ1) is 24.1. The largest absolute Gasteiger partial charge is 0.444 e. The average molecular weight is 409 g/mol. The van der Waals surface area contributed by atoms with E-state index in [4.69, 9.17) is 4.74 Å². The minimum absolute atomic E-state index is 0.0917. The van der Waals surface area contributed by atoms with Gasteiger partial charge in [-0.3, -0.25) is 9.59 Å². The van der Waals surface area contributed by atoms with Crippen molar-refractivity contribution in [2.24, 2.45) is 0 Å². The fraction of sp³-hybridized carbons (Fsp3) is 0.500. The highest BCUT2D eigenvalue weighted by Gasteiger charge is 2.20. The molecule has 1 atom stereocenters. The number of nitrogens with one attached hydrogen (secondary N) is 3. The molecule has 0 spiro atoms. The Kier molecular flexibility index (Phi) is 9.78. The molecule has 0 fully saturated rings. The lowest BCUT2D eigenvalue weighted by Gasteiger charge is -2.20. The molecule has 9 heteroatoms. The molecular weight excluding hydrogens is 381 g/mol. The van der Waals surface area contributed by atoms with Crippen molar-refractivity contribution in [1.29, 1.82) is 0 Å². The standard InChI is InChI=1S/C20H28FN3O5/c1-20(2,3)29-19(28)23-12-11-22-18(27)16(10-13-25)24-17(26)9-6-14-4-7-15(21)8-5-14/h4-5,7-8,13,16H,6,9-12H2,1-3H3,(H,22,27)(H,23,28)(H,24,26)/t16-/m0/s1. The van der Waals surface area contributed by atoms with E-state index in [1.807, 2.05) is 0 Å². The van der Waals surface area contributed by atoms with Crippen molar-refractivity contribution in [1.82, 2.24) is 16.0 Å². The number of amides is 3. The number of hydrogen-bond acceptors (Lipinski definition) is 5. The molecule has 0 aliphatic carbocycles. The van der Waals surface area contributed by atoms with Gasteiger partial charge in [-0.05, 0) is 44.9 Å². The molecule has 1 rings (SSSR count). The van der Waals surface area contributed by atoms with Gasteiger partial charge in [0.25, 0.3) is 0 Å². The van der Waals surface area contributed by atoms with Crippen LogP contribution in [0.1, 0.15) is 39.2 Å². The highest BCUT2D eigenvalue weighted by molar-refractivity contribution is 5.89. The third-order valence-corrected chi connectivity index (χ3v) is 3.63. The SMILES string of the molecule is CC(C)(C)OC(=O)NCCNC(=O)[C@H](CC=O)NC(=O)CCc1ccc(F)cc1. The summed E-state index contributed by atoms with van der Waals surface area (Å²) < 4.78 is 18.0. The van der Waals surface area contributed by atoms with E-state index < -0.39 is 29.6 Å². The van der Waals surface area contributed by atoms with Gasteiger partial charge in [0.2, 0.25) is 11.8 Å². The maximum atomic E-state index is 12.9. The van der Waals surface area contributed by atoms with Crippen molar-refractivity contribution in [3.63, 3.8) is 0 Å². The Balaban J connectivity index is 2.38. The van der Waals surface area contributed by atoms with E-state index in [2.05, 4.69) is 16.0 Å². The molecule has 0 saturated heterocycles. The molecule has 0 aliphatic rings. The summed E-state index contributed by atoms with van der Waals surface area (Å²) in [5.74, 6) is -1.29. The topological polar surface area (TPSA) is 114 Å². The number of aryl methyl sites for hydroxylation is 1. The van der Waals surface area contributed by atoms with Crippen LogP contribution in [0.3, 0.4) is 0 Å². The Labute approximate surface area is 169 Å². The van der Waals surface area contributed by atoms with Gasteiger partial charge in [-0.25, -0.2) is 9.18 Å².